The van der Waals surface area contributed by atoms with Crippen molar-refractivity contribution in [3.8, 4) is 0 Å². The fourth-order valence-corrected chi connectivity index (χ4v) is 2.19. The lowest BCUT2D eigenvalue weighted by Crippen LogP contribution is -2.32. The number of halogens is 1. The molecule has 0 saturated carbocycles. The minimum Gasteiger partial charge on any atom is -0.332 e. The Morgan fingerprint density at radius 1 is 1.21 bits per heavy atom. The highest BCUT2D eigenvalue weighted by Gasteiger charge is 2.13. The lowest BCUT2D eigenvalue weighted by molar-refractivity contribution is -0.384. The van der Waals surface area contributed by atoms with Crippen molar-refractivity contribution >= 4 is 52.3 Å². The zero-order chi connectivity index (χ0) is 17.5. The van der Waals surface area contributed by atoms with Gasteiger partial charge in [0.05, 0.1) is 4.92 Å². The second kappa shape index (κ2) is 8.19. The number of nitro groups is 1. The maximum atomic E-state index is 11.8. The maximum absolute atomic E-state index is 11.8. The number of anilines is 1. The van der Waals surface area contributed by atoms with E-state index in [1.165, 1.54) is 24.3 Å². The van der Waals surface area contributed by atoms with Gasteiger partial charge < -0.3 is 5.32 Å². The van der Waals surface area contributed by atoms with Crippen molar-refractivity contribution in [2.45, 2.75) is 0 Å². The molecular formula is C16H12ClN3O3S. The molecule has 24 heavy (non-hydrogen) atoms. The van der Waals surface area contributed by atoms with E-state index in [0.29, 0.717) is 5.69 Å². The van der Waals surface area contributed by atoms with E-state index >= 15 is 0 Å². The van der Waals surface area contributed by atoms with Gasteiger partial charge in [0.2, 0.25) is 5.91 Å². The number of rotatable bonds is 4. The molecular weight excluding hydrogens is 350 g/mol. The molecule has 0 heterocycles. The Bertz CT molecular complexity index is 809. The number of carbonyl (C=O) groups excluding carboxylic acids is 1. The quantitative estimate of drug-likeness (QED) is 0.375. The molecule has 0 atom stereocenters. The van der Waals surface area contributed by atoms with Crippen molar-refractivity contribution in [2.75, 3.05) is 5.32 Å². The number of amides is 1. The van der Waals surface area contributed by atoms with Gasteiger partial charge in [0.15, 0.2) is 5.11 Å². The number of hydrogen-bond acceptors (Lipinski definition) is 4. The number of nitrogens with zero attached hydrogens (tertiary/aromatic N) is 1. The highest BCUT2D eigenvalue weighted by Crippen LogP contribution is 2.27. The second-order valence-corrected chi connectivity index (χ2v) is 5.43. The third-order valence-corrected chi connectivity index (χ3v) is 3.39. The number of nitrogens with one attached hydrogen (secondary N) is 2. The molecule has 1 amide bonds. The van der Waals surface area contributed by atoms with E-state index in [-0.39, 0.29) is 15.8 Å². The van der Waals surface area contributed by atoms with Crippen LogP contribution >= 0.6 is 23.8 Å². The molecule has 2 rings (SSSR count). The molecule has 0 spiro atoms. The standard InChI is InChI=1S/C16H12ClN3O3S/c17-13-8-7-12(10-14(13)20(22)23)18-16(24)19-15(21)9-6-11-4-2-1-3-5-11/h1-10H,(H2,18,19,21,24). The van der Waals surface area contributed by atoms with Crippen LogP contribution in [0.4, 0.5) is 11.4 Å². The Kier molecular flexibility index (Phi) is 6.00. The van der Waals surface area contributed by atoms with E-state index in [0.717, 1.165) is 5.56 Å². The average Bonchev–Trinajstić information content (AvgIpc) is 2.55. The van der Waals surface area contributed by atoms with E-state index in [1.54, 1.807) is 6.08 Å². The van der Waals surface area contributed by atoms with Crippen LogP contribution in [0.15, 0.2) is 54.6 Å². The lowest BCUT2D eigenvalue weighted by atomic mass is 10.2. The summed E-state index contributed by atoms with van der Waals surface area (Å²) in [6.45, 7) is 0. The normalized spacial score (nSPS) is 10.4. The van der Waals surface area contributed by atoms with Gasteiger partial charge in [0.1, 0.15) is 5.02 Å². The smallest absolute Gasteiger partial charge is 0.289 e. The number of benzene rings is 2. The predicted octanol–water partition coefficient (Wildman–Crippen LogP) is 3.77. The summed E-state index contributed by atoms with van der Waals surface area (Å²) in [7, 11) is 0. The third-order valence-electron chi connectivity index (χ3n) is 2.86. The first-order valence-electron chi connectivity index (χ1n) is 6.75. The lowest BCUT2D eigenvalue weighted by Gasteiger charge is -2.08. The van der Waals surface area contributed by atoms with Gasteiger partial charge in [-0.25, -0.2) is 0 Å². The van der Waals surface area contributed by atoms with Crippen LogP contribution in [-0.4, -0.2) is 15.9 Å². The zero-order valence-electron chi connectivity index (χ0n) is 12.2. The molecule has 0 aliphatic heterocycles. The Hall–Kier alpha value is -2.77. The summed E-state index contributed by atoms with van der Waals surface area (Å²) in [5.41, 5.74) is 0.975. The van der Waals surface area contributed by atoms with Crippen LogP contribution < -0.4 is 10.6 Å². The molecule has 0 unspecified atom stereocenters. The minimum atomic E-state index is -0.599. The van der Waals surface area contributed by atoms with Crippen molar-refractivity contribution in [1.82, 2.24) is 5.32 Å². The third kappa shape index (κ3) is 5.15. The van der Waals surface area contributed by atoms with Crippen LogP contribution in [0.1, 0.15) is 5.56 Å². The SMILES string of the molecule is O=C(C=Cc1ccccc1)NC(=S)Nc1ccc(Cl)c([N+](=O)[O-])c1. The van der Waals surface area contributed by atoms with Crippen molar-refractivity contribution in [3.05, 3.63) is 75.3 Å². The van der Waals surface area contributed by atoms with Gasteiger partial charge in [-0.2, -0.15) is 0 Å². The molecule has 6 nitrogen and oxygen atoms in total. The summed E-state index contributed by atoms with van der Waals surface area (Å²) >= 11 is 10.7. The molecule has 8 heteroatoms. The van der Waals surface area contributed by atoms with Crippen molar-refractivity contribution in [2.24, 2.45) is 0 Å². The minimum absolute atomic E-state index is 0.0197. The van der Waals surface area contributed by atoms with E-state index < -0.39 is 10.8 Å². The summed E-state index contributed by atoms with van der Waals surface area (Å²) < 4.78 is 0. The summed E-state index contributed by atoms with van der Waals surface area (Å²) in [4.78, 5) is 22.0. The van der Waals surface area contributed by atoms with Gasteiger partial charge in [0.25, 0.3) is 5.69 Å². The Balaban J connectivity index is 1.96. The molecule has 0 radical (unpaired) electrons. The summed E-state index contributed by atoms with van der Waals surface area (Å²) in [6, 6.07) is 13.4. The van der Waals surface area contributed by atoms with E-state index in [2.05, 4.69) is 10.6 Å². The Morgan fingerprint density at radius 2 is 1.92 bits per heavy atom. The van der Waals surface area contributed by atoms with Crippen LogP contribution in [-0.2, 0) is 4.79 Å². The average molecular weight is 362 g/mol. The molecule has 2 N–H and O–H groups in total. The van der Waals surface area contributed by atoms with Gasteiger partial charge >= 0.3 is 0 Å². The second-order valence-electron chi connectivity index (χ2n) is 4.61. The molecule has 2 aromatic carbocycles. The van der Waals surface area contributed by atoms with Crippen molar-refractivity contribution < 1.29 is 9.72 Å². The first kappa shape index (κ1) is 17.6. The predicted molar refractivity (Wildman–Crippen MR) is 97.9 cm³/mol. The molecule has 0 fully saturated rings. The first-order chi connectivity index (χ1) is 11.5. The molecule has 0 aromatic heterocycles. The molecule has 122 valence electrons. The van der Waals surface area contributed by atoms with E-state index in [4.69, 9.17) is 23.8 Å². The number of carbonyl (C=O) groups is 1. The highest BCUT2D eigenvalue weighted by atomic mass is 35.5. The number of hydrogen-bond donors (Lipinski definition) is 2. The van der Waals surface area contributed by atoms with Crippen LogP contribution in [0.2, 0.25) is 5.02 Å². The van der Waals surface area contributed by atoms with Crippen molar-refractivity contribution in [3.63, 3.8) is 0 Å². The maximum Gasteiger partial charge on any atom is 0.289 e. The van der Waals surface area contributed by atoms with Gasteiger partial charge in [-0.05, 0) is 36.0 Å². The monoisotopic (exact) mass is 361 g/mol. The fraction of sp³-hybridized carbons (Fsp3) is 0. The Labute approximate surface area is 148 Å². The van der Waals surface area contributed by atoms with Gasteiger partial charge in [-0.15, -0.1) is 0 Å². The molecule has 0 aliphatic rings. The van der Waals surface area contributed by atoms with Crippen LogP contribution in [0.5, 0.6) is 0 Å². The zero-order valence-corrected chi connectivity index (χ0v) is 13.8. The van der Waals surface area contributed by atoms with Crippen LogP contribution in [0.25, 0.3) is 6.08 Å². The first-order valence-corrected chi connectivity index (χ1v) is 7.53. The molecule has 0 saturated heterocycles. The van der Waals surface area contributed by atoms with Gasteiger partial charge in [-0.3, -0.25) is 20.2 Å². The number of thiocarbonyl (C=S) groups is 1. The fourth-order valence-electron chi connectivity index (χ4n) is 1.78. The Morgan fingerprint density at radius 3 is 2.58 bits per heavy atom. The van der Waals surface area contributed by atoms with Crippen LogP contribution in [0.3, 0.4) is 0 Å². The van der Waals surface area contributed by atoms with Crippen LogP contribution in [0, 0.1) is 10.1 Å². The molecule has 0 aliphatic carbocycles. The summed E-state index contributed by atoms with van der Waals surface area (Å²) in [5, 5.41) is 16.0. The van der Waals surface area contributed by atoms with E-state index in [9.17, 15) is 14.9 Å². The molecule has 2 aromatic rings. The van der Waals surface area contributed by atoms with E-state index in [1.807, 2.05) is 30.3 Å². The highest BCUT2D eigenvalue weighted by molar-refractivity contribution is 7.80. The van der Waals surface area contributed by atoms with Crippen molar-refractivity contribution in [1.29, 1.82) is 0 Å². The number of nitro benzene ring substituents is 1. The summed E-state index contributed by atoms with van der Waals surface area (Å²) in [6.07, 6.45) is 2.98. The van der Waals surface area contributed by atoms with Gasteiger partial charge in [0, 0.05) is 17.8 Å². The summed E-state index contributed by atoms with van der Waals surface area (Å²) in [5.74, 6) is -0.417. The van der Waals surface area contributed by atoms with Gasteiger partial charge in [-0.1, -0.05) is 41.9 Å². The largest absolute Gasteiger partial charge is 0.332 e. The molecule has 0 bridgehead atoms. The topological polar surface area (TPSA) is 84.3 Å².